The topological polar surface area (TPSA) is 67.9 Å². The molecule has 7 heteroatoms. The molecule has 150 valence electrons. The Morgan fingerprint density at radius 3 is 2.72 bits per heavy atom. The number of rotatable bonds is 1. The van der Waals surface area contributed by atoms with Crippen LogP contribution in [-0.4, -0.2) is 29.9 Å². The van der Waals surface area contributed by atoms with Crippen molar-refractivity contribution in [3.05, 3.63) is 52.8 Å². The molecule has 2 aromatic rings. The highest BCUT2D eigenvalue weighted by molar-refractivity contribution is 6.30. The van der Waals surface area contributed by atoms with Crippen LogP contribution in [0.2, 0.25) is 5.02 Å². The number of benzene rings is 2. The number of fused-ring (bicyclic) bond motifs is 4. The maximum atomic E-state index is 13.9. The van der Waals surface area contributed by atoms with Gasteiger partial charge in [0.1, 0.15) is 17.7 Å². The van der Waals surface area contributed by atoms with Crippen LogP contribution in [0.5, 0.6) is 5.75 Å². The van der Waals surface area contributed by atoms with E-state index in [1.807, 2.05) is 18.2 Å². The first-order valence-electron chi connectivity index (χ1n) is 9.81. The number of ether oxygens (including phenoxy) is 1. The molecule has 29 heavy (non-hydrogen) atoms. The lowest BCUT2D eigenvalue weighted by Gasteiger charge is -2.46. The van der Waals surface area contributed by atoms with E-state index in [2.05, 4.69) is 0 Å². The normalized spacial score (nSPS) is 28.0. The smallest absolute Gasteiger partial charge is 0.262 e. The Morgan fingerprint density at radius 2 is 2.00 bits per heavy atom. The summed E-state index contributed by atoms with van der Waals surface area (Å²) in [5, 5.41) is 0.315. The zero-order chi connectivity index (χ0) is 20.3. The largest absolute Gasteiger partial charge is 0.490 e. The molecular formula is C22H21ClFN3O2. The van der Waals surface area contributed by atoms with Crippen LogP contribution in [-0.2, 0) is 10.3 Å². The minimum absolute atomic E-state index is 0.0716. The quantitative estimate of drug-likeness (QED) is 0.765. The Bertz CT molecular complexity index is 1040. The highest BCUT2D eigenvalue weighted by atomic mass is 35.5. The van der Waals surface area contributed by atoms with Crippen molar-refractivity contribution in [2.45, 2.75) is 37.3 Å². The Kier molecular flexibility index (Phi) is 4.10. The van der Waals surface area contributed by atoms with Gasteiger partial charge in [-0.2, -0.15) is 0 Å². The summed E-state index contributed by atoms with van der Waals surface area (Å²) in [5.74, 6) is 0.227. The van der Waals surface area contributed by atoms with E-state index in [0.717, 1.165) is 31.2 Å². The minimum atomic E-state index is -1.09. The first-order valence-corrected chi connectivity index (χ1v) is 10.2. The van der Waals surface area contributed by atoms with Crippen LogP contribution < -0.4 is 10.5 Å². The minimum Gasteiger partial charge on any atom is -0.490 e. The zero-order valence-electron chi connectivity index (χ0n) is 16.0. The van der Waals surface area contributed by atoms with E-state index in [0.29, 0.717) is 21.9 Å². The molecule has 2 aliphatic heterocycles. The highest BCUT2D eigenvalue weighted by Gasteiger charge is 2.60. The number of guanidine groups is 1. The van der Waals surface area contributed by atoms with Crippen molar-refractivity contribution in [1.29, 1.82) is 0 Å². The van der Waals surface area contributed by atoms with Crippen LogP contribution >= 0.6 is 11.6 Å². The summed E-state index contributed by atoms with van der Waals surface area (Å²) in [6, 6.07) is 9.96. The van der Waals surface area contributed by atoms with E-state index in [4.69, 9.17) is 27.1 Å². The van der Waals surface area contributed by atoms with Crippen molar-refractivity contribution >= 4 is 23.5 Å². The van der Waals surface area contributed by atoms with E-state index in [1.54, 1.807) is 13.1 Å². The molecule has 2 aromatic carbocycles. The summed E-state index contributed by atoms with van der Waals surface area (Å²) in [7, 11) is 1.65. The number of amides is 1. The summed E-state index contributed by atoms with van der Waals surface area (Å²) in [6.07, 6.45) is 3.75. The Balaban J connectivity index is 1.73. The second kappa shape index (κ2) is 6.46. The fourth-order valence-electron chi connectivity index (χ4n) is 4.99. The van der Waals surface area contributed by atoms with Crippen molar-refractivity contribution in [1.82, 2.24) is 4.90 Å². The molecular weight excluding hydrogens is 393 g/mol. The maximum absolute atomic E-state index is 13.9. The van der Waals surface area contributed by atoms with Crippen LogP contribution in [0.25, 0.3) is 11.1 Å². The van der Waals surface area contributed by atoms with Crippen molar-refractivity contribution < 1.29 is 13.9 Å². The number of carbonyl (C=O) groups excluding carboxylic acids is 1. The number of likely N-dealkylation sites (N-methyl/N-ethyl adjacent to an activating group) is 1. The lowest BCUT2D eigenvalue weighted by Crippen LogP contribution is -2.53. The first-order chi connectivity index (χ1) is 13.9. The molecule has 0 aromatic heterocycles. The van der Waals surface area contributed by atoms with Crippen LogP contribution in [0.3, 0.4) is 0 Å². The second-order valence-corrected chi connectivity index (χ2v) is 8.45. The third-order valence-electron chi connectivity index (χ3n) is 6.37. The molecule has 1 saturated carbocycles. The Hall–Kier alpha value is -2.60. The number of hydrogen-bond acceptors (Lipinski definition) is 4. The van der Waals surface area contributed by atoms with Crippen molar-refractivity contribution in [3.8, 4) is 16.9 Å². The van der Waals surface area contributed by atoms with Gasteiger partial charge in [0, 0.05) is 23.6 Å². The van der Waals surface area contributed by atoms with Gasteiger partial charge in [-0.05, 0) is 60.7 Å². The monoisotopic (exact) mass is 413 g/mol. The number of nitrogens with zero attached hydrogens (tertiary/aromatic N) is 2. The van der Waals surface area contributed by atoms with Crippen LogP contribution in [0.4, 0.5) is 4.39 Å². The van der Waals surface area contributed by atoms with Gasteiger partial charge in [0.25, 0.3) is 5.91 Å². The van der Waals surface area contributed by atoms with Gasteiger partial charge in [0.2, 0.25) is 0 Å². The fourth-order valence-corrected chi connectivity index (χ4v) is 5.21. The maximum Gasteiger partial charge on any atom is 0.262 e. The van der Waals surface area contributed by atoms with Gasteiger partial charge in [0.15, 0.2) is 11.5 Å². The molecule has 3 unspecified atom stereocenters. The highest BCUT2D eigenvalue weighted by Crippen LogP contribution is 2.53. The van der Waals surface area contributed by atoms with Gasteiger partial charge < -0.3 is 10.5 Å². The van der Waals surface area contributed by atoms with Crippen molar-refractivity contribution in [2.24, 2.45) is 16.6 Å². The number of aliphatic imine (C=N–C) groups is 1. The molecule has 5 rings (SSSR count). The number of nitrogens with two attached hydrogens (primary N) is 1. The van der Waals surface area contributed by atoms with E-state index >= 15 is 0 Å². The average molecular weight is 414 g/mol. The number of hydrogen-bond donors (Lipinski definition) is 1. The third kappa shape index (κ3) is 2.65. The molecule has 1 spiro atoms. The van der Waals surface area contributed by atoms with Crippen molar-refractivity contribution in [2.75, 3.05) is 7.05 Å². The standard InChI is InChI=1S/C22H21ClFN3O2/c1-27-20(28)22(26-21(27)25)16-4-2-3-5-18(16)29-19-7-6-12(10-17(19)22)13-8-14(23)11-15(24)9-13/h6-11,16,18H,2-5H2,1H3,(H2,25,26). The lowest BCUT2D eigenvalue weighted by molar-refractivity contribution is -0.136. The Labute approximate surface area is 173 Å². The van der Waals surface area contributed by atoms with Gasteiger partial charge in [-0.15, -0.1) is 0 Å². The average Bonchev–Trinajstić information content (AvgIpc) is 2.92. The van der Waals surface area contributed by atoms with E-state index in [9.17, 15) is 9.18 Å². The molecule has 2 N–H and O–H groups in total. The molecule has 1 amide bonds. The number of halogens is 2. The van der Waals surface area contributed by atoms with Gasteiger partial charge in [0.05, 0.1) is 0 Å². The SMILES string of the molecule is CN1C(=O)C2(N=C1N)c1cc(-c3cc(F)cc(Cl)c3)ccc1OC1CCCCC12. The summed E-state index contributed by atoms with van der Waals surface area (Å²) in [6.45, 7) is 0. The molecule has 1 fully saturated rings. The van der Waals surface area contributed by atoms with E-state index < -0.39 is 11.4 Å². The molecule has 0 saturated heterocycles. The first kappa shape index (κ1) is 18.4. The van der Waals surface area contributed by atoms with Crippen LogP contribution in [0, 0.1) is 11.7 Å². The zero-order valence-corrected chi connectivity index (χ0v) is 16.7. The number of carbonyl (C=O) groups is 1. The third-order valence-corrected chi connectivity index (χ3v) is 6.59. The van der Waals surface area contributed by atoms with Gasteiger partial charge in [-0.25, -0.2) is 9.38 Å². The van der Waals surface area contributed by atoms with Crippen LogP contribution in [0.15, 0.2) is 41.4 Å². The molecule has 5 nitrogen and oxygen atoms in total. The summed E-state index contributed by atoms with van der Waals surface area (Å²) >= 11 is 6.05. The molecule has 0 radical (unpaired) electrons. The predicted molar refractivity (Wildman–Crippen MR) is 109 cm³/mol. The fraction of sp³-hybridized carbons (Fsp3) is 0.364. The van der Waals surface area contributed by atoms with Crippen LogP contribution in [0.1, 0.15) is 31.2 Å². The van der Waals surface area contributed by atoms with Gasteiger partial charge >= 0.3 is 0 Å². The van der Waals surface area contributed by atoms with Gasteiger partial charge in [-0.1, -0.05) is 24.1 Å². The summed E-state index contributed by atoms with van der Waals surface area (Å²) in [5.41, 5.74) is 7.07. The van der Waals surface area contributed by atoms with Gasteiger partial charge in [-0.3, -0.25) is 9.69 Å². The second-order valence-electron chi connectivity index (χ2n) is 8.02. The predicted octanol–water partition coefficient (Wildman–Crippen LogP) is 4.08. The van der Waals surface area contributed by atoms with Crippen molar-refractivity contribution in [3.63, 3.8) is 0 Å². The van der Waals surface area contributed by atoms with E-state index in [1.165, 1.54) is 17.0 Å². The molecule has 3 aliphatic rings. The summed E-state index contributed by atoms with van der Waals surface area (Å²) < 4.78 is 20.2. The lowest BCUT2D eigenvalue weighted by atomic mass is 9.67. The molecule has 1 aliphatic carbocycles. The molecule has 3 atom stereocenters. The summed E-state index contributed by atoms with van der Waals surface area (Å²) in [4.78, 5) is 19.6. The molecule has 0 bridgehead atoms. The molecule has 2 heterocycles. The van der Waals surface area contributed by atoms with E-state index in [-0.39, 0.29) is 23.9 Å². The Morgan fingerprint density at radius 1 is 1.21 bits per heavy atom.